The van der Waals surface area contributed by atoms with Crippen molar-refractivity contribution < 1.29 is 0 Å². The van der Waals surface area contributed by atoms with Crippen molar-refractivity contribution in [3.8, 4) is 22.4 Å². The van der Waals surface area contributed by atoms with E-state index in [-0.39, 0.29) is 0 Å². The molecule has 0 spiro atoms. The van der Waals surface area contributed by atoms with Gasteiger partial charge in [0, 0.05) is 29.5 Å². The molecule has 0 unspecified atom stereocenters. The first-order valence-electron chi connectivity index (χ1n) is 6.57. The average molecular weight is 343 g/mol. The zero-order chi connectivity index (χ0) is 15.0. The van der Waals surface area contributed by atoms with E-state index in [2.05, 4.69) is 51.1 Å². The molecule has 0 bridgehead atoms. The molecule has 0 aliphatic rings. The Kier molecular flexibility index (Phi) is 3.51. The number of nitrogens with zero attached hydrogens (tertiary/aromatic N) is 3. The van der Waals surface area contributed by atoms with Crippen LogP contribution in [0, 0.1) is 6.92 Å². The molecule has 5 heteroatoms. The van der Waals surface area contributed by atoms with Crippen molar-refractivity contribution in [2.45, 2.75) is 6.92 Å². The third-order valence-electron chi connectivity index (χ3n) is 3.51. The second-order valence-electron chi connectivity index (χ2n) is 4.93. The predicted molar refractivity (Wildman–Crippen MR) is 88.7 cm³/mol. The number of halogens is 1. The monoisotopic (exact) mass is 342 g/mol. The molecule has 1 aromatic carbocycles. The van der Waals surface area contributed by atoms with Crippen molar-refractivity contribution >= 4 is 21.7 Å². The van der Waals surface area contributed by atoms with E-state index < -0.39 is 0 Å². The molecule has 4 nitrogen and oxygen atoms in total. The van der Waals surface area contributed by atoms with Crippen LogP contribution in [0.1, 0.15) is 5.56 Å². The van der Waals surface area contributed by atoms with Crippen molar-refractivity contribution in [3.05, 3.63) is 52.8 Å². The lowest BCUT2D eigenvalue weighted by Crippen LogP contribution is -1.97. The number of nitrogens with two attached hydrogens (primary N) is 1. The van der Waals surface area contributed by atoms with Crippen molar-refractivity contribution in [2.24, 2.45) is 7.05 Å². The Hall–Kier alpha value is -2.14. The van der Waals surface area contributed by atoms with Crippen LogP contribution < -0.4 is 5.73 Å². The summed E-state index contributed by atoms with van der Waals surface area (Å²) in [5.74, 6) is 0.646. The first-order chi connectivity index (χ1) is 10.1. The lowest BCUT2D eigenvalue weighted by Gasteiger charge is -2.06. The first-order valence-corrected chi connectivity index (χ1v) is 7.36. The molecule has 0 atom stereocenters. The molecule has 21 heavy (non-hydrogen) atoms. The highest BCUT2D eigenvalue weighted by atomic mass is 79.9. The minimum absolute atomic E-state index is 0.646. The predicted octanol–water partition coefficient (Wildman–Crippen LogP) is 3.80. The van der Waals surface area contributed by atoms with Gasteiger partial charge in [-0.3, -0.25) is 9.67 Å². The van der Waals surface area contributed by atoms with E-state index in [9.17, 15) is 0 Å². The number of nitrogen functional groups attached to an aromatic ring is 1. The van der Waals surface area contributed by atoms with E-state index in [0.29, 0.717) is 5.82 Å². The van der Waals surface area contributed by atoms with E-state index in [1.807, 2.05) is 19.2 Å². The van der Waals surface area contributed by atoms with Gasteiger partial charge in [0.1, 0.15) is 11.5 Å². The molecule has 0 radical (unpaired) electrons. The van der Waals surface area contributed by atoms with E-state index >= 15 is 0 Å². The van der Waals surface area contributed by atoms with Crippen molar-refractivity contribution in [2.75, 3.05) is 5.73 Å². The van der Waals surface area contributed by atoms with Gasteiger partial charge < -0.3 is 5.73 Å². The molecule has 3 rings (SSSR count). The van der Waals surface area contributed by atoms with Crippen LogP contribution in [-0.2, 0) is 7.05 Å². The second kappa shape index (κ2) is 5.33. The van der Waals surface area contributed by atoms with Gasteiger partial charge in [-0.1, -0.05) is 28.1 Å². The molecular weight excluding hydrogens is 328 g/mol. The van der Waals surface area contributed by atoms with E-state index in [1.54, 1.807) is 17.1 Å². The Labute approximate surface area is 131 Å². The van der Waals surface area contributed by atoms with Gasteiger partial charge in [0.2, 0.25) is 0 Å². The smallest absolute Gasteiger partial charge is 0.129 e. The summed E-state index contributed by atoms with van der Waals surface area (Å²) < 4.78 is 2.77. The molecular formula is C16H15BrN4. The molecule has 106 valence electrons. The summed E-state index contributed by atoms with van der Waals surface area (Å²) in [7, 11) is 1.85. The minimum Gasteiger partial charge on any atom is -0.383 e. The van der Waals surface area contributed by atoms with Crippen LogP contribution in [0.3, 0.4) is 0 Å². The third kappa shape index (κ3) is 2.45. The highest BCUT2D eigenvalue weighted by Crippen LogP contribution is 2.36. The lowest BCUT2D eigenvalue weighted by molar-refractivity contribution is 0.782. The summed E-state index contributed by atoms with van der Waals surface area (Å²) >= 11 is 3.57. The maximum atomic E-state index is 6.21. The SMILES string of the molecule is Cc1ccc(-c2nn(C)c(N)c2-c2ccncc2)cc1Br. The van der Waals surface area contributed by atoms with Gasteiger partial charge in [0.25, 0.3) is 0 Å². The summed E-state index contributed by atoms with van der Waals surface area (Å²) in [6.45, 7) is 2.06. The minimum atomic E-state index is 0.646. The molecule has 0 amide bonds. The van der Waals surface area contributed by atoms with Crippen LogP contribution in [0.4, 0.5) is 5.82 Å². The third-order valence-corrected chi connectivity index (χ3v) is 4.36. The second-order valence-corrected chi connectivity index (χ2v) is 5.79. The van der Waals surface area contributed by atoms with Gasteiger partial charge in [0.15, 0.2) is 0 Å². The van der Waals surface area contributed by atoms with Gasteiger partial charge in [-0.05, 0) is 36.2 Å². The number of pyridine rings is 1. The van der Waals surface area contributed by atoms with Gasteiger partial charge in [-0.2, -0.15) is 5.10 Å². The quantitative estimate of drug-likeness (QED) is 0.770. The summed E-state index contributed by atoms with van der Waals surface area (Å²) in [4.78, 5) is 4.06. The first kappa shape index (κ1) is 13.8. The number of hydrogen-bond donors (Lipinski definition) is 1. The highest BCUT2D eigenvalue weighted by Gasteiger charge is 2.17. The number of aromatic nitrogens is 3. The van der Waals surface area contributed by atoms with Crippen molar-refractivity contribution in [1.29, 1.82) is 0 Å². The maximum Gasteiger partial charge on any atom is 0.129 e. The van der Waals surface area contributed by atoms with Gasteiger partial charge in [-0.25, -0.2) is 0 Å². The largest absolute Gasteiger partial charge is 0.383 e. The normalized spacial score (nSPS) is 10.8. The Balaban J connectivity index is 2.24. The fourth-order valence-corrected chi connectivity index (χ4v) is 2.66. The Morgan fingerprint density at radius 2 is 1.81 bits per heavy atom. The van der Waals surface area contributed by atoms with Crippen molar-refractivity contribution in [1.82, 2.24) is 14.8 Å². The van der Waals surface area contributed by atoms with Crippen LogP contribution in [0.15, 0.2) is 47.2 Å². The fourth-order valence-electron chi connectivity index (χ4n) is 2.28. The molecule has 3 aromatic rings. The lowest BCUT2D eigenvalue weighted by atomic mass is 10.0. The van der Waals surface area contributed by atoms with Gasteiger partial charge in [-0.15, -0.1) is 0 Å². The number of hydrogen-bond acceptors (Lipinski definition) is 3. The molecule has 0 aliphatic heterocycles. The molecule has 0 fully saturated rings. The summed E-state index contributed by atoms with van der Waals surface area (Å²) in [6, 6.07) is 10.1. The molecule has 0 aliphatic carbocycles. The fraction of sp³-hybridized carbons (Fsp3) is 0.125. The van der Waals surface area contributed by atoms with Crippen LogP contribution in [-0.4, -0.2) is 14.8 Å². The number of anilines is 1. The average Bonchev–Trinajstić information content (AvgIpc) is 2.79. The van der Waals surface area contributed by atoms with E-state index in [1.165, 1.54) is 5.56 Å². The van der Waals surface area contributed by atoms with E-state index in [0.717, 1.165) is 26.9 Å². The molecule has 2 heterocycles. The Bertz CT molecular complexity index is 794. The van der Waals surface area contributed by atoms with Crippen molar-refractivity contribution in [3.63, 3.8) is 0 Å². The van der Waals surface area contributed by atoms with E-state index in [4.69, 9.17) is 5.73 Å². The van der Waals surface area contributed by atoms with Gasteiger partial charge >= 0.3 is 0 Å². The van der Waals surface area contributed by atoms with Crippen LogP contribution in [0.25, 0.3) is 22.4 Å². The molecule has 2 aromatic heterocycles. The van der Waals surface area contributed by atoms with Crippen LogP contribution in [0.2, 0.25) is 0 Å². The Morgan fingerprint density at radius 1 is 1.10 bits per heavy atom. The van der Waals surface area contributed by atoms with Gasteiger partial charge in [0.05, 0.1) is 5.56 Å². The number of aryl methyl sites for hydroxylation is 2. The zero-order valence-corrected chi connectivity index (χ0v) is 13.4. The Morgan fingerprint density at radius 3 is 2.48 bits per heavy atom. The maximum absolute atomic E-state index is 6.21. The van der Waals surface area contributed by atoms with Crippen LogP contribution >= 0.6 is 15.9 Å². The number of rotatable bonds is 2. The topological polar surface area (TPSA) is 56.7 Å². The molecule has 0 saturated heterocycles. The summed E-state index contributed by atoms with van der Waals surface area (Å²) in [5.41, 5.74) is 11.3. The highest BCUT2D eigenvalue weighted by molar-refractivity contribution is 9.10. The molecule has 0 saturated carbocycles. The standard InChI is InChI=1S/C16H15BrN4/c1-10-3-4-12(9-13(10)17)15-14(16(18)21(2)20-15)11-5-7-19-8-6-11/h3-9H,18H2,1-2H3. The molecule has 2 N–H and O–H groups in total. The van der Waals surface area contributed by atoms with Crippen LogP contribution in [0.5, 0.6) is 0 Å². The zero-order valence-electron chi connectivity index (χ0n) is 11.8. The number of benzene rings is 1. The summed E-state index contributed by atoms with van der Waals surface area (Å²) in [5, 5.41) is 4.58. The summed E-state index contributed by atoms with van der Waals surface area (Å²) in [6.07, 6.45) is 3.52.